The third-order valence-electron chi connectivity index (χ3n) is 2.43. The van der Waals surface area contributed by atoms with Crippen LogP contribution in [0.15, 0.2) is 35.2 Å². The zero-order chi connectivity index (χ0) is 11.6. The van der Waals surface area contributed by atoms with Gasteiger partial charge in [0.05, 0.1) is 6.42 Å². The molecule has 1 aromatic rings. The van der Waals surface area contributed by atoms with Gasteiger partial charge in [0.2, 0.25) is 4.93 Å². The molecule has 0 saturated carbocycles. The number of carbonyl (C=O) groups is 2. The van der Waals surface area contributed by atoms with Gasteiger partial charge >= 0.3 is 5.97 Å². The van der Waals surface area contributed by atoms with Crippen molar-refractivity contribution in [3.05, 3.63) is 30.3 Å². The fourth-order valence-electron chi connectivity index (χ4n) is 1.56. The van der Waals surface area contributed by atoms with Gasteiger partial charge in [-0.25, -0.2) is 0 Å². The van der Waals surface area contributed by atoms with Gasteiger partial charge in [-0.15, -0.1) is 0 Å². The van der Waals surface area contributed by atoms with Crippen LogP contribution in [0.5, 0.6) is 0 Å². The van der Waals surface area contributed by atoms with Crippen LogP contribution in [0.4, 0.5) is 0 Å². The van der Waals surface area contributed by atoms with Crippen LogP contribution in [0.25, 0.3) is 0 Å². The van der Waals surface area contributed by atoms with Crippen molar-refractivity contribution >= 4 is 23.5 Å². The van der Waals surface area contributed by atoms with Crippen molar-refractivity contribution in [3.63, 3.8) is 0 Å². The topological polar surface area (TPSA) is 43.4 Å². The molecule has 4 heteroatoms. The molecular formula is C12H12O3S. The molecular weight excluding hydrogens is 224 g/mol. The van der Waals surface area contributed by atoms with Crippen molar-refractivity contribution in [1.82, 2.24) is 0 Å². The molecule has 0 bridgehead atoms. The molecule has 1 fully saturated rings. The second-order valence-corrected chi connectivity index (χ2v) is 5.21. The molecule has 1 unspecified atom stereocenters. The smallest absolute Gasteiger partial charge is 0.308 e. The van der Waals surface area contributed by atoms with Crippen LogP contribution in [-0.2, 0) is 14.3 Å². The van der Waals surface area contributed by atoms with Crippen molar-refractivity contribution in [2.75, 3.05) is 0 Å². The Bertz CT molecular complexity index is 416. The van der Waals surface area contributed by atoms with E-state index in [1.54, 1.807) is 6.92 Å². The lowest BCUT2D eigenvalue weighted by molar-refractivity contribution is -0.162. The van der Waals surface area contributed by atoms with E-state index in [2.05, 4.69) is 0 Å². The molecule has 0 aliphatic carbocycles. The fourth-order valence-corrected chi connectivity index (χ4v) is 2.65. The maximum Gasteiger partial charge on any atom is 0.308 e. The van der Waals surface area contributed by atoms with Crippen molar-refractivity contribution in [3.8, 4) is 0 Å². The summed E-state index contributed by atoms with van der Waals surface area (Å²) < 4.78 is 5.16. The first-order valence-corrected chi connectivity index (χ1v) is 5.91. The van der Waals surface area contributed by atoms with Crippen LogP contribution in [0.3, 0.4) is 0 Å². The maximum absolute atomic E-state index is 11.8. The highest BCUT2D eigenvalue weighted by Crippen LogP contribution is 2.38. The van der Waals surface area contributed by atoms with E-state index in [9.17, 15) is 9.59 Å². The predicted octanol–water partition coefficient (Wildman–Crippen LogP) is 2.40. The summed E-state index contributed by atoms with van der Waals surface area (Å²) in [7, 11) is 0. The minimum absolute atomic E-state index is 0.0269. The predicted molar refractivity (Wildman–Crippen MR) is 61.0 cm³/mol. The third kappa shape index (κ3) is 2.27. The van der Waals surface area contributed by atoms with Crippen molar-refractivity contribution < 1.29 is 14.3 Å². The van der Waals surface area contributed by atoms with Gasteiger partial charge in [0.15, 0.2) is 5.78 Å². The van der Waals surface area contributed by atoms with E-state index in [-0.39, 0.29) is 24.6 Å². The van der Waals surface area contributed by atoms with Crippen LogP contribution in [0.2, 0.25) is 0 Å². The van der Waals surface area contributed by atoms with Crippen LogP contribution in [0, 0.1) is 0 Å². The molecule has 0 spiro atoms. The molecule has 2 rings (SSSR count). The maximum atomic E-state index is 11.8. The van der Waals surface area contributed by atoms with Crippen molar-refractivity contribution in [1.29, 1.82) is 0 Å². The number of thioether (sulfide) groups is 1. The quantitative estimate of drug-likeness (QED) is 0.739. The molecule has 1 heterocycles. The summed E-state index contributed by atoms with van der Waals surface area (Å²) >= 11 is 1.29. The highest BCUT2D eigenvalue weighted by molar-refractivity contribution is 8.01. The molecule has 1 aliphatic heterocycles. The summed E-state index contributed by atoms with van der Waals surface area (Å²) in [6.45, 7) is 1.66. The Hall–Kier alpha value is -1.29. The molecule has 84 valence electrons. The summed E-state index contributed by atoms with van der Waals surface area (Å²) in [6.07, 6.45) is 0.471. The van der Waals surface area contributed by atoms with Gasteiger partial charge in [0.25, 0.3) is 0 Å². The largest absolute Gasteiger partial charge is 0.440 e. The Labute approximate surface area is 98.2 Å². The van der Waals surface area contributed by atoms with Gasteiger partial charge in [-0.3, -0.25) is 9.59 Å². The molecule has 0 amide bonds. The number of cyclic esters (lactones) is 1. The number of esters is 1. The van der Waals surface area contributed by atoms with E-state index in [1.807, 2.05) is 30.3 Å². The lowest BCUT2D eigenvalue weighted by Gasteiger charge is -2.30. The molecule has 0 aromatic heterocycles. The lowest BCUT2D eigenvalue weighted by Crippen LogP contribution is -2.41. The van der Waals surface area contributed by atoms with Gasteiger partial charge in [-0.05, 0) is 19.1 Å². The number of rotatable bonds is 2. The molecule has 16 heavy (non-hydrogen) atoms. The molecule has 1 atom stereocenters. The monoisotopic (exact) mass is 236 g/mol. The van der Waals surface area contributed by atoms with E-state index < -0.39 is 4.93 Å². The van der Waals surface area contributed by atoms with Gasteiger partial charge in [-0.1, -0.05) is 30.0 Å². The Balaban J connectivity index is 2.18. The van der Waals surface area contributed by atoms with Crippen LogP contribution >= 0.6 is 11.8 Å². The number of hydrogen-bond donors (Lipinski definition) is 0. The SMILES string of the molecule is CC1(Sc2ccccc2)OC(=O)CCC1=O. The number of carbonyl (C=O) groups excluding carboxylic acids is 2. The van der Waals surface area contributed by atoms with E-state index in [4.69, 9.17) is 4.74 Å². The van der Waals surface area contributed by atoms with Gasteiger partial charge in [0.1, 0.15) is 0 Å². The number of hydrogen-bond acceptors (Lipinski definition) is 4. The normalized spacial score (nSPS) is 25.3. The number of Topliss-reactive ketones (excluding diaryl/α,β-unsaturated/α-hetero) is 1. The minimum Gasteiger partial charge on any atom is -0.440 e. The molecule has 0 N–H and O–H groups in total. The van der Waals surface area contributed by atoms with Gasteiger partial charge in [-0.2, -0.15) is 0 Å². The standard InChI is InChI=1S/C12H12O3S/c1-12(10(13)7-8-11(14)15-12)16-9-5-3-2-4-6-9/h2-6H,7-8H2,1H3. The lowest BCUT2D eigenvalue weighted by atomic mass is 10.1. The molecule has 1 saturated heterocycles. The highest BCUT2D eigenvalue weighted by Gasteiger charge is 2.41. The second kappa shape index (κ2) is 4.29. The summed E-state index contributed by atoms with van der Waals surface area (Å²) in [5.74, 6) is -0.327. The number of ketones is 1. The number of benzene rings is 1. The first-order valence-electron chi connectivity index (χ1n) is 5.09. The number of ether oxygens (including phenoxy) is 1. The minimum atomic E-state index is -1.06. The summed E-state index contributed by atoms with van der Waals surface area (Å²) in [4.78, 5) is 22.9. The zero-order valence-corrected chi connectivity index (χ0v) is 9.75. The summed E-state index contributed by atoms with van der Waals surface area (Å²) in [6, 6.07) is 9.47. The molecule has 1 aromatic carbocycles. The van der Waals surface area contributed by atoms with Gasteiger partial charge in [0, 0.05) is 11.3 Å². The fraction of sp³-hybridized carbons (Fsp3) is 0.333. The Morgan fingerprint density at radius 2 is 1.88 bits per heavy atom. The van der Waals surface area contributed by atoms with Crippen molar-refractivity contribution in [2.45, 2.75) is 29.6 Å². The molecule has 3 nitrogen and oxygen atoms in total. The Morgan fingerprint density at radius 1 is 1.19 bits per heavy atom. The summed E-state index contributed by atoms with van der Waals surface area (Å²) in [5.41, 5.74) is 0. The van der Waals surface area contributed by atoms with Crippen molar-refractivity contribution in [2.24, 2.45) is 0 Å². The highest BCUT2D eigenvalue weighted by atomic mass is 32.2. The van der Waals surface area contributed by atoms with E-state index in [1.165, 1.54) is 11.8 Å². The average molecular weight is 236 g/mol. The zero-order valence-electron chi connectivity index (χ0n) is 8.93. The second-order valence-electron chi connectivity index (χ2n) is 3.76. The first-order chi connectivity index (χ1) is 7.60. The Morgan fingerprint density at radius 3 is 2.56 bits per heavy atom. The molecule has 1 aliphatic rings. The van der Waals surface area contributed by atoms with Gasteiger partial charge < -0.3 is 4.74 Å². The van der Waals surface area contributed by atoms with E-state index >= 15 is 0 Å². The molecule has 0 radical (unpaired) electrons. The summed E-state index contributed by atoms with van der Waals surface area (Å²) in [5, 5.41) is 0. The Kier molecular flexibility index (Phi) is 3.01. The van der Waals surface area contributed by atoms with E-state index in [0.29, 0.717) is 0 Å². The van der Waals surface area contributed by atoms with Crippen LogP contribution in [-0.4, -0.2) is 16.7 Å². The third-order valence-corrected chi connectivity index (χ3v) is 3.64. The van der Waals surface area contributed by atoms with E-state index in [0.717, 1.165) is 4.90 Å². The first kappa shape index (κ1) is 11.2. The average Bonchev–Trinajstić information content (AvgIpc) is 2.25. The van der Waals surface area contributed by atoms with Crippen LogP contribution in [0.1, 0.15) is 19.8 Å². The van der Waals surface area contributed by atoms with Crippen LogP contribution < -0.4 is 0 Å².